The highest BCUT2D eigenvalue weighted by atomic mass is 16.4. The molecule has 1 aliphatic rings. The monoisotopic (exact) mass is 242 g/mol. The van der Waals surface area contributed by atoms with Crippen LogP contribution < -0.4 is 0 Å². The number of nitrogens with zero attached hydrogens (tertiary/aromatic N) is 1. The van der Waals surface area contributed by atoms with Crippen LogP contribution in [0.25, 0.3) is 0 Å². The fourth-order valence-electron chi connectivity index (χ4n) is 2.02. The summed E-state index contributed by atoms with van der Waals surface area (Å²) in [5.74, 6) is -2.25. The van der Waals surface area contributed by atoms with E-state index in [-0.39, 0.29) is 28.1 Å². The van der Waals surface area contributed by atoms with E-state index in [0.717, 1.165) is 0 Å². The normalized spacial score (nSPS) is 13.1. The molecule has 1 aromatic heterocycles. The highest BCUT2D eigenvalue weighted by Crippen LogP contribution is 2.27. The Morgan fingerprint density at radius 1 is 1.11 bits per heavy atom. The number of aromatic amines is 1. The van der Waals surface area contributed by atoms with Crippen molar-refractivity contribution in [2.75, 3.05) is 0 Å². The second kappa shape index (κ2) is 3.36. The van der Waals surface area contributed by atoms with Gasteiger partial charge in [0.05, 0.1) is 5.56 Å². The first-order chi connectivity index (χ1) is 8.61. The molecule has 2 N–H and O–H groups in total. The van der Waals surface area contributed by atoms with Gasteiger partial charge >= 0.3 is 5.97 Å². The lowest BCUT2D eigenvalue weighted by Crippen LogP contribution is -2.21. The zero-order valence-corrected chi connectivity index (χ0v) is 8.93. The molecule has 0 radical (unpaired) electrons. The van der Waals surface area contributed by atoms with Gasteiger partial charge in [-0.15, -0.1) is 0 Å². The van der Waals surface area contributed by atoms with Crippen LogP contribution in [-0.2, 0) is 0 Å². The summed E-state index contributed by atoms with van der Waals surface area (Å²) >= 11 is 0. The number of hydrogen-bond acceptors (Lipinski definition) is 4. The van der Waals surface area contributed by atoms with Crippen molar-refractivity contribution in [2.24, 2.45) is 0 Å². The predicted octanol–water partition coefficient (Wildman–Crippen LogP) is 0.883. The van der Waals surface area contributed by atoms with Crippen molar-refractivity contribution in [3.05, 3.63) is 52.3 Å². The molecule has 88 valence electrons. The van der Waals surface area contributed by atoms with Crippen molar-refractivity contribution in [1.82, 2.24) is 10.2 Å². The number of H-pyrrole nitrogens is 1. The molecule has 0 amide bonds. The number of benzene rings is 1. The molecule has 0 aliphatic heterocycles. The Labute approximate surface area is 100 Å². The molecule has 6 heteroatoms. The minimum Gasteiger partial charge on any atom is -0.477 e. The fourth-order valence-corrected chi connectivity index (χ4v) is 2.02. The number of fused-ring (bicyclic) bond motifs is 2. The quantitative estimate of drug-likeness (QED) is 0.659. The Hall–Kier alpha value is -2.76. The van der Waals surface area contributed by atoms with Gasteiger partial charge in [-0.3, -0.25) is 14.7 Å². The summed E-state index contributed by atoms with van der Waals surface area (Å²) in [4.78, 5) is 35.2. The van der Waals surface area contributed by atoms with Crippen molar-refractivity contribution in [2.45, 2.75) is 0 Å². The van der Waals surface area contributed by atoms with Crippen molar-refractivity contribution in [1.29, 1.82) is 0 Å². The van der Waals surface area contributed by atoms with Crippen molar-refractivity contribution < 1.29 is 19.5 Å². The first-order valence-corrected chi connectivity index (χ1v) is 5.11. The van der Waals surface area contributed by atoms with E-state index >= 15 is 0 Å². The van der Waals surface area contributed by atoms with Gasteiger partial charge in [0.25, 0.3) is 0 Å². The Kier molecular flexibility index (Phi) is 1.94. The molecule has 18 heavy (non-hydrogen) atoms. The molecule has 1 aromatic carbocycles. The molecule has 0 spiro atoms. The molecule has 1 heterocycles. The molecular formula is C12H6N2O4. The van der Waals surface area contributed by atoms with E-state index in [0.29, 0.717) is 0 Å². The Morgan fingerprint density at radius 3 is 2.33 bits per heavy atom. The topological polar surface area (TPSA) is 100 Å². The number of carbonyl (C=O) groups is 3. The lowest BCUT2D eigenvalue weighted by Gasteiger charge is -2.12. The second-order valence-electron chi connectivity index (χ2n) is 3.83. The largest absolute Gasteiger partial charge is 0.477 e. The number of aromatic nitrogens is 2. The van der Waals surface area contributed by atoms with E-state index in [9.17, 15) is 14.4 Å². The average Bonchev–Trinajstić information content (AvgIpc) is 2.81. The van der Waals surface area contributed by atoms with E-state index in [1.54, 1.807) is 12.1 Å². The Bertz CT molecular complexity index is 715. The number of carboxylic acid groups (broad SMARTS) is 1. The van der Waals surface area contributed by atoms with Crippen LogP contribution >= 0.6 is 0 Å². The van der Waals surface area contributed by atoms with Crippen LogP contribution in [-0.4, -0.2) is 32.8 Å². The first-order valence-electron chi connectivity index (χ1n) is 5.11. The fraction of sp³-hybridized carbons (Fsp3) is 0. The molecule has 2 aromatic rings. The van der Waals surface area contributed by atoms with E-state index in [2.05, 4.69) is 10.2 Å². The van der Waals surface area contributed by atoms with Crippen LogP contribution in [0.15, 0.2) is 24.3 Å². The second-order valence-corrected chi connectivity index (χ2v) is 3.83. The SMILES string of the molecule is O=C1c2ccccc2C(=O)c2c1n[nH]c2C(=O)O. The number of aromatic carboxylic acids is 1. The van der Waals surface area contributed by atoms with Gasteiger partial charge in [-0.2, -0.15) is 5.10 Å². The lowest BCUT2D eigenvalue weighted by atomic mass is 9.87. The van der Waals surface area contributed by atoms with Gasteiger partial charge in [0.1, 0.15) is 5.69 Å². The minimum absolute atomic E-state index is 0.129. The Morgan fingerprint density at radius 2 is 1.72 bits per heavy atom. The van der Waals surface area contributed by atoms with Gasteiger partial charge in [-0.1, -0.05) is 24.3 Å². The van der Waals surface area contributed by atoms with E-state index < -0.39 is 17.5 Å². The number of nitrogens with one attached hydrogen (secondary N) is 1. The van der Waals surface area contributed by atoms with Crippen LogP contribution in [0, 0.1) is 0 Å². The van der Waals surface area contributed by atoms with Crippen LogP contribution in [0.4, 0.5) is 0 Å². The summed E-state index contributed by atoms with van der Waals surface area (Å²) in [6.07, 6.45) is 0. The maximum atomic E-state index is 12.2. The number of rotatable bonds is 1. The minimum atomic E-state index is -1.32. The van der Waals surface area contributed by atoms with Gasteiger partial charge in [0.2, 0.25) is 5.78 Å². The third kappa shape index (κ3) is 1.17. The molecule has 3 rings (SSSR count). The maximum Gasteiger partial charge on any atom is 0.354 e. The summed E-state index contributed by atoms with van der Waals surface area (Å²) in [6, 6.07) is 6.28. The van der Waals surface area contributed by atoms with Crippen LogP contribution in [0.2, 0.25) is 0 Å². The van der Waals surface area contributed by atoms with Crippen LogP contribution in [0.3, 0.4) is 0 Å². The molecule has 0 atom stereocenters. The summed E-state index contributed by atoms with van der Waals surface area (Å²) in [5, 5.41) is 14.8. The number of carboxylic acids is 1. The lowest BCUT2D eigenvalue weighted by molar-refractivity contribution is 0.0686. The van der Waals surface area contributed by atoms with E-state index in [4.69, 9.17) is 5.11 Å². The van der Waals surface area contributed by atoms with Crippen molar-refractivity contribution in [3.8, 4) is 0 Å². The van der Waals surface area contributed by atoms with Gasteiger partial charge in [0.15, 0.2) is 11.5 Å². The summed E-state index contributed by atoms with van der Waals surface area (Å²) in [6.45, 7) is 0. The zero-order valence-electron chi connectivity index (χ0n) is 8.93. The van der Waals surface area contributed by atoms with Crippen LogP contribution in [0.1, 0.15) is 42.5 Å². The smallest absolute Gasteiger partial charge is 0.354 e. The standard InChI is InChI=1S/C12H6N2O4/c15-10-5-3-1-2-4-6(5)11(16)8-7(10)9(12(17)18)14-13-8/h1-4H,(H,13,14)(H,17,18). The van der Waals surface area contributed by atoms with Gasteiger partial charge in [0, 0.05) is 11.1 Å². The number of carbonyl (C=O) groups excluding carboxylic acids is 2. The van der Waals surface area contributed by atoms with Gasteiger partial charge in [-0.25, -0.2) is 4.79 Å². The van der Waals surface area contributed by atoms with Crippen molar-refractivity contribution in [3.63, 3.8) is 0 Å². The predicted molar refractivity (Wildman–Crippen MR) is 58.9 cm³/mol. The Balaban J connectivity index is 2.33. The van der Waals surface area contributed by atoms with E-state index in [1.807, 2.05) is 0 Å². The summed E-state index contributed by atoms with van der Waals surface area (Å²) in [7, 11) is 0. The first kappa shape index (κ1) is 10.4. The third-order valence-electron chi connectivity index (χ3n) is 2.84. The molecule has 0 unspecified atom stereocenters. The maximum absolute atomic E-state index is 12.2. The summed E-state index contributed by atoms with van der Waals surface area (Å²) in [5.41, 5.74) is -0.183. The zero-order chi connectivity index (χ0) is 12.9. The van der Waals surface area contributed by atoms with E-state index in [1.165, 1.54) is 12.1 Å². The summed E-state index contributed by atoms with van der Waals surface area (Å²) < 4.78 is 0. The molecule has 0 saturated heterocycles. The van der Waals surface area contributed by atoms with Gasteiger partial charge in [-0.05, 0) is 0 Å². The number of hydrogen-bond donors (Lipinski definition) is 2. The number of ketones is 2. The molecule has 1 aliphatic carbocycles. The average molecular weight is 242 g/mol. The molecule has 6 nitrogen and oxygen atoms in total. The molecular weight excluding hydrogens is 236 g/mol. The van der Waals surface area contributed by atoms with Crippen LogP contribution in [0.5, 0.6) is 0 Å². The molecule has 0 fully saturated rings. The third-order valence-corrected chi connectivity index (χ3v) is 2.84. The van der Waals surface area contributed by atoms with Crippen molar-refractivity contribution >= 4 is 17.5 Å². The molecule has 0 saturated carbocycles. The molecule has 0 bridgehead atoms. The highest BCUT2D eigenvalue weighted by Gasteiger charge is 2.36. The van der Waals surface area contributed by atoms with Gasteiger partial charge < -0.3 is 5.11 Å². The highest BCUT2D eigenvalue weighted by molar-refractivity contribution is 6.29.